The number of hydrogen-bond acceptors (Lipinski definition) is 3. The van der Waals surface area contributed by atoms with Crippen molar-refractivity contribution in [3.63, 3.8) is 0 Å². The highest BCUT2D eigenvalue weighted by Gasteiger charge is 2.27. The van der Waals surface area contributed by atoms with Gasteiger partial charge in [-0.1, -0.05) is 37.6 Å². The summed E-state index contributed by atoms with van der Waals surface area (Å²) in [5.41, 5.74) is 6.49. The van der Waals surface area contributed by atoms with Crippen LogP contribution >= 0.6 is 0 Å². The van der Waals surface area contributed by atoms with Crippen molar-refractivity contribution in [2.75, 3.05) is 45.2 Å². The first-order chi connectivity index (χ1) is 14.4. The van der Waals surface area contributed by atoms with Gasteiger partial charge in [0.15, 0.2) is 0 Å². The number of benzene rings is 2. The zero-order valence-electron chi connectivity index (χ0n) is 19.2. The Labute approximate surface area is 182 Å². The van der Waals surface area contributed by atoms with Crippen molar-refractivity contribution in [3.8, 4) is 0 Å². The van der Waals surface area contributed by atoms with E-state index in [0.29, 0.717) is 5.56 Å². The Kier molecular flexibility index (Phi) is 7.54. The van der Waals surface area contributed by atoms with E-state index in [1.165, 1.54) is 44.7 Å². The van der Waals surface area contributed by atoms with Gasteiger partial charge in [0.25, 0.3) is 5.91 Å². The molecule has 0 saturated carbocycles. The van der Waals surface area contributed by atoms with Crippen LogP contribution in [0.3, 0.4) is 0 Å². The topological polar surface area (TPSA) is 35.6 Å². The second kappa shape index (κ2) is 10.1. The van der Waals surface area contributed by atoms with E-state index in [-0.39, 0.29) is 5.91 Å². The number of fused-ring (bicyclic) bond motifs is 1. The number of rotatable bonds is 3. The number of amides is 1. The first-order valence-electron chi connectivity index (χ1n) is 11.3. The second-order valence-corrected chi connectivity index (χ2v) is 8.79. The van der Waals surface area contributed by atoms with E-state index in [1.54, 1.807) is 24.2 Å². The highest BCUT2D eigenvalue weighted by atomic mass is 16.1. The lowest BCUT2D eigenvalue weighted by Crippen LogP contribution is -2.44. The fraction of sp³-hybridized carbons (Fsp3) is 0.500. The third-order valence-corrected chi connectivity index (χ3v) is 6.55. The van der Waals surface area contributed by atoms with Crippen LogP contribution in [0.25, 0.3) is 0 Å². The first-order valence-corrected chi connectivity index (χ1v) is 11.3. The fourth-order valence-electron chi connectivity index (χ4n) is 4.62. The summed E-state index contributed by atoms with van der Waals surface area (Å²) in [5, 5.41) is 2.57. The minimum absolute atomic E-state index is 0.0336. The van der Waals surface area contributed by atoms with Crippen molar-refractivity contribution < 1.29 is 4.79 Å². The van der Waals surface area contributed by atoms with Crippen LogP contribution in [-0.4, -0.2) is 51.1 Å². The summed E-state index contributed by atoms with van der Waals surface area (Å²) < 4.78 is 0. The molecule has 2 aromatic carbocycles. The number of anilines is 1. The average molecular weight is 408 g/mol. The summed E-state index contributed by atoms with van der Waals surface area (Å²) in [7, 11) is 3.85. The predicted molar refractivity (Wildman–Crippen MR) is 127 cm³/mol. The number of hydrogen-bond donors (Lipinski definition) is 1. The Bertz CT molecular complexity index is 855. The van der Waals surface area contributed by atoms with Gasteiger partial charge in [0.1, 0.15) is 0 Å². The van der Waals surface area contributed by atoms with Gasteiger partial charge in [-0.2, -0.15) is 0 Å². The van der Waals surface area contributed by atoms with Crippen molar-refractivity contribution in [3.05, 3.63) is 64.7 Å². The molecule has 1 N–H and O–H groups in total. The van der Waals surface area contributed by atoms with E-state index in [9.17, 15) is 4.79 Å². The molecule has 4 heteroatoms. The number of aryl methyl sites for hydroxylation is 1. The Balaban J connectivity index is 0.000000199. The van der Waals surface area contributed by atoms with Gasteiger partial charge >= 0.3 is 0 Å². The molecule has 1 heterocycles. The minimum atomic E-state index is -0.0336. The minimum Gasteiger partial charge on any atom is -0.369 e. The standard InChI is InChI=1S/C17H26N2.C9H11NO/c1-4-14-11-13(2)17-12-15(5-6-16(14)17)19-9-7-18(3)8-10-19;1-7-4-3-5-8(6-7)9(11)10-2/h5-6,12-14H,4,7-11H2,1-3H3;3-6H,1-2H3,(H,10,11)/t13-,14-;/m1./s1. The number of likely N-dealkylation sites (N-methyl/N-ethyl adjacent to an activating group) is 1. The fourth-order valence-corrected chi connectivity index (χ4v) is 4.62. The van der Waals surface area contributed by atoms with Gasteiger partial charge in [-0.05, 0) is 74.0 Å². The highest BCUT2D eigenvalue weighted by Crippen LogP contribution is 2.44. The van der Waals surface area contributed by atoms with Gasteiger partial charge in [0, 0.05) is 44.5 Å². The summed E-state index contributed by atoms with van der Waals surface area (Å²) in [6.07, 6.45) is 2.63. The Morgan fingerprint density at radius 3 is 2.43 bits per heavy atom. The van der Waals surface area contributed by atoms with Crippen molar-refractivity contribution in [1.29, 1.82) is 0 Å². The summed E-state index contributed by atoms with van der Waals surface area (Å²) in [4.78, 5) is 16.0. The van der Waals surface area contributed by atoms with Crippen molar-refractivity contribution >= 4 is 11.6 Å². The monoisotopic (exact) mass is 407 g/mol. The van der Waals surface area contributed by atoms with Crippen LogP contribution < -0.4 is 10.2 Å². The van der Waals surface area contributed by atoms with Gasteiger partial charge in [0.2, 0.25) is 0 Å². The summed E-state index contributed by atoms with van der Waals surface area (Å²) >= 11 is 0. The Morgan fingerprint density at radius 1 is 1.07 bits per heavy atom. The molecule has 2 atom stereocenters. The third-order valence-electron chi connectivity index (χ3n) is 6.55. The van der Waals surface area contributed by atoms with E-state index in [4.69, 9.17) is 0 Å². The average Bonchev–Trinajstić information content (AvgIpc) is 3.09. The molecule has 30 heavy (non-hydrogen) atoms. The maximum atomic E-state index is 11.1. The number of nitrogens with one attached hydrogen (secondary N) is 1. The third kappa shape index (κ3) is 5.23. The molecule has 2 aromatic rings. The van der Waals surface area contributed by atoms with Crippen LogP contribution in [0.1, 0.15) is 65.6 Å². The van der Waals surface area contributed by atoms with Gasteiger partial charge in [-0.3, -0.25) is 4.79 Å². The van der Waals surface area contributed by atoms with E-state index >= 15 is 0 Å². The van der Waals surface area contributed by atoms with E-state index in [0.717, 1.165) is 17.4 Å². The van der Waals surface area contributed by atoms with Crippen molar-refractivity contribution in [2.45, 2.75) is 45.4 Å². The van der Waals surface area contributed by atoms with E-state index in [1.807, 2.05) is 25.1 Å². The van der Waals surface area contributed by atoms with Gasteiger partial charge in [0.05, 0.1) is 0 Å². The lowest BCUT2D eigenvalue weighted by atomic mass is 9.98. The van der Waals surface area contributed by atoms with Crippen LogP contribution in [0.4, 0.5) is 5.69 Å². The second-order valence-electron chi connectivity index (χ2n) is 8.79. The lowest BCUT2D eigenvalue weighted by Gasteiger charge is -2.34. The molecular formula is C26H37N3O. The quantitative estimate of drug-likeness (QED) is 0.794. The van der Waals surface area contributed by atoms with Crippen LogP contribution in [-0.2, 0) is 0 Å². The van der Waals surface area contributed by atoms with Gasteiger partial charge in [-0.15, -0.1) is 0 Å². The predicted octanol–water partition coefficient (Wildman–Crippen LogP) is 4.79. The zero-order chi connectivity index (χ0) is 21.7. The van der Waals surface area contributed by atoms with Crippen LogP contribution in [0.2, 0.25) is 0 Å². The molecule has 4 nitrogen and oxygen atoms in total. The lowest BCUT2D eigenvalue weighted by molar-refractivity contribution is 0.0963. The SMILES string of the molecule is CC[C@@H]1C[C@@H](C)c2cc(N3CCN(C)CC3)ccc21.CNC(=O)c1cccc(C)c1. The number of carbonyl (C=O) groups is 1. The van der Waals surface area contributed by atoms with Gasteiger partial charge in [-0.25, -0.2) is 0 Å². The summed E-state index contributed by atoms with van der Waals surface area (Å²) in [5.74, 6) is 1.51. The van der Waals surface area contributed by atoms with Gasteiger partial charge < -0.3 is 15.1 Å². The molecule has 0 unspecified atom stereocenters. The number of carbonyl (C=O) groups excluding carboxylic acids is 1. The molecule has 0 spiro atoms. The molecule has 1 aliphatic heterocycles. The molecule has 2 aliphatic rings. The zero-order valence-corrected chi connectivity index (χ0v) is 19.2. The molecule has 1 fully saturated rings. The maximum absolute atomic E-state index is 11.1. The molecule has 0 aromatic heterocycles. The highest BCUT2D eigenvalue weighted by molar-refractivity contribution is 5.94. The van der Waals surface area contributed by atoms with E-state index in [2.05, 4.69) is 54.2 Å². The van der Waals surface area contributed by atoms with Crippen LogP contribution in [0.15, 0.2) is 42.5 Å². The summed E-state index contributed by atoms with van der Waals surface area (Å²) in [6.45, 7) is 11.4. The molecular weight excluding hydrogens is 370 g/mol. The van der Waals surface area contributed by atoms with Crippen LogP contribution in [0.5, 0.6) is 0 Å². The first kappa shape index (κ1) is 22.4. The molecule has 0 bridgehead atoms. The van der Waals surface area contributed by atoms with Crippen molar-refractivity contribution in [2.24, 2.45) is 0 Å². The molecule has 1 aliphatic carbocycles. The molecule has 4 rings (SSSR count). The molecule has 1 amide bonds. The smallest absolute Gasteiger partial charge is 0.251 e. The maximum Gasteiger partial charge on any atom is 0.251 e. The number of piperazine rings is 1. The molecule has 162 valence electrons. The van der Waals surface area contributed by atoms with Crippen LogP contribution in [0, 0.1) is 6.92 Å². The van der Waals surface area contributed by atoms with E-state index < -0.39 is 0 Å². The Hall–Kier alpha value is -2.33. The van der Waals surface area contributed by atoms with Crippen molar-refractivity contribution in [1.82, 2.24) is 10.2 Å². The number of nitrogens with zero attached hydrogens (tertiary/aromatic N) is 2. The molecule has 1 saturated heterocycles. The summed E-state index contributed by atoms with van der Waals surface area (Å²) in [6, 6.07) is 14.7. The normalized spacial score (nSPS) is 20.9. The molecule has 0 radical (unpaired) electrons. The largest absolute Gasteiger partial charge is 0.369 e. The Morgan fingerprint density at radius 2 is 1.80 bits per heavy atom.